The molecule has 0 amide bonds. The Morgan fingerprint density at radius 2 is 1.80 bits per heavy atom. The highest BCUT2D eigenvalue weighted by molar-refractivity contribution is 7.80. The molecule has 0 saturated heterocycles. The van der Waals surface area contributed by atoms with Gasteiger partial charge in [0, 0.05) is 10.4 Å². The molecule has 212 valence electrons. The Balaban J connectivity index is 0.000000328. The van der Waals surface area contributed by atoms with Crippen molar-refractivity contribution in [3.05, 3.63) is 118 Å². The predicted octanol–water partition coefficient (Wildman–Crippen LogP) is 9.83. The molecular formula is C36H38ClNO2S. The number of aromatic nitrogens is 1. The Bertz CT molecular complexity index is 1530. The van der Waals surface area contributed by atoms with E-state index in [9.17, 15) is 4.79 Å². The van der Waals surface area contributed by atoms with Crippen LogP contribution in [0.1, 0.15) is 67.0 Å². The van der Waals surface area contributed by atoms with Crippen molar-refractivity contribution in [2.75, 3.05) is 5.75 Å². The lowest BCUT2D eigenvalue weighted by atomic mass is 9.68. The molecule has 0 spiro atoms. The van der Waals surface area contributed by atoms with Gasteiger partial charge < -0.3 is 5.11 Å². The zero-order valence-corrected chi connectivity index (χ0v) is 25.3. The second kappa shape index (κ2) is 14.5. The third-order valence-corrected chi connectivity index (χ3v) is 8.64. The lowest BCUT2D eigenvalue weighted by molar-refractivity contribution is -0.140. The van der Waals surface area contributed by atoms with Crippen LogP contribution in [0, 0.1) is 5.41 Å². The van der Waals surface area contributed by atoms with Crippen LogP contribution in [-0.4, -0.2) is 21.8 Å². The zero-order chi connectivity index (χ0) is 29.2. The van der Waals surface area contributed by atoms with E-state index in [2.05, 4.69) is 92.9 Å². The minimum atomic E-state index is -0.686. The van der Waals surface area contributed by atoms with Crippen LogP contribution in [0.25, 0.3) is 28.6 Å². The van der Waals surface area contributed by atoms with Gasteiger partial charge in [0.15, 0.2) is 0 Å². The Hall–Kier alpha value is -3.34. The Kier molecular flexibility index (Phi) is 10.8. The van der Waals surface area contributed by atoms with E-state index in [1.54, 1.807) is 0 Å². The SMILES string of the molecule is C=C(C)c1ccccc1CCCc1cccc(/C=C/c2ccc3ccc(Cl)cc3n2)c1.O=C(O)CC1(CS)CCC1. The molecule has 0 aliphatic heterocycles. The van der Waals surface area contributed by atoms with Crippen LogP contribution in [0.15, 0.2) is 85.4 Å². The van der Waals surface area contributed by atoms with Gasteiger partial charge in [0.2, 0.25) is 0 Å². The fourth-order valence-electron chi connectivity index (χ4n) is 5.26. The number of thiol groups is 1. The summed E-state index contributed by atoms with van der Waals surface area (Å²) >= 11 is 10.2. The van der Waals surface area contributed by atoms with E-state index in [1.165, 1.54) is 28.7 Å². The van der Waals surface area contributed by atoms with Crippen molar-refractivity contribution in [3.8, 4) is 0 Å². The highest BCUT2D eigenvalue weighted by atomic mass is 35.5. The molecule has 1 aromatic heterocycles. The largest absolute Gasteiger partial charge is 0.481 e. The Morgan fingerprint density at radius 1 is 1.02 bits per heavy atom. The molecule has 1 heterocycles. The van der Waals surface area contributed by atoms with Gasteiger partial charge in [0.05, 0.1) is 17.6 Å². The summed E-state index contributed by atoms with van der Waals surface area (Å²) in [6.45, 7) is 6.19. The molecule has 0 unspecified atom stereocenters. The second-order valence-electron chi connectivity index (χ2n) is 11.0. The topological polar surface area (TPSA) is 50.2 Å². The summed E-state index contributed by atoms with van der Waals surface area (Å²) < 4.78 is 0. The van der Waals surface area contributed by atoms with Gasteiger partial charge in [0.1, 0.15) is 0 Å². The number of carbonyl (C=O) groups is 1. The van der Waals surface area contributed by atoms with Gasteiger partial charge in [-0.2, -0.15) is 12.6 Å². The molecule has 1 N–H and O–H groups in total. The Labute approximate surface area is 254 Å². The smallest absolute Gasteiger partial charge is 0.303 e. The van der Waals surface area contributed by atoms with Crippen LogP contribution in [0.5, 0.6) is 0 Å². The fraction of sp³-hybridized carbons (Fsp3) is 0.278. The summed E-state index contributed by atoms with van der Waals surface area (Å²) in [5.41, 5.74) is 8.23. The van der Waals surface area contributed by atoms with Crippen molar-refractivity contribution in [2.24, 2.45) is 5.41 Å². The maximum absolute atomic E-state index is 10.3. The molecule has 1 saturated carbocycles. The Morgan fingerprint density at radius 3 is 2.49 bits per heavy atom. The van der Waals surface area contributed by atoms with Crippen molar-refractivity contribution in [1.82, 2.24) is 4.98 Å². The maximum Gasteiger partial charge on any atom is 0.303 e. The minimum absolute atomic E-state index is 0.0505. The van der Waals surface area contributed by atoms with E-state index in [4.69, 9.17) is 21.7 Å². The molecule has 0 atom stereocenters. The summed E-state index contributed by atoms with van der Waals surface area (Å²) in [6, 6.07) is 27.2. The van der Waals surface area contributed by atoms with Gasteiger partial charge in [-0.15, -0.1) is 0 Å². The predicted molar refractivity (Wildman–Crippen MR) is 178 cm³/mol. The van der Waals surface area contributed by atoms with Gasteiger partial charge >= 0.3 is 5.97 Å². The molecule has 5 rings (SSSR count). The van der Waals surface area contributed by atoms with Crippen LogP contribution >= 0.6 is 24.2 Å². The third kappa shape index (κ3) is 8.82. The van der Waals surface area contributed by atoms with Crippen molar-refractivity contribution in [1.29, 1.82) is 0 Å². The molecule has 0 radical (unpaired) electrons. The molecule has 5 heteroatoms. The zero-order valence-electron chi connectivity index (χ0n) is 23.7. The van der Waals surface area contributed by atoms with Gasteiger partial charge in [-0.1, -0.05) is 96.9 Å². The lowest BCUT2D eigenvalue weighted by Gasteiger charge is -2.39. The number of fused-ring (bicyclic) bond motifs is 1. The van der Waals surface area contributed by atoms with Crippen molar-refractivity contribution in [3.63, 3.8) is 0 Å². The van der Waals surface area contributed by atoms with Gasteiger partial charge in [-0.05, 0) is 96.7 Å². The van der Waals surface area contributed by atoms with Crippen molar-refractivity contribution >= 4 is 58.8 Å². The highest BCUT2D eigenvalue weighted by Crippen LogP contribution is 2.44. The maximum atomic E-state index is 10.3. The van der Waals surface area contributed by atoms with Crippen molar-refractivity contribution in [2.45, 2.75) is 51.9 Å². The van der Waals surface area contributed by atoms with E-state index in [0.29, 0.717) is 11.4 Å². The number of hydrogen-bond acceptors (Lipinski definition) is 3. The molecule has 3 nitrogen and oxygen atoms in total. The summed E-state index contributed by atoms with van der Waals surface area (Å²) in [7, 11) is 0. The fourth-order valence-corrected chi connectivity index (χ4v) is 5.85. The average molecular weight is 584 g/mol. The van der Waals surface area contributed by atoms with Gasteiger partial charge in [-0.25, -0.2) is 4.98 Å². The molecule has 4 aromatic rings. The number of aliphatic carboxylic acids is 1. The van der Waals surface area contributed by atoms with Gasteiger partial charge in [-0.3, -0.25) is 4.79 Å². The number of nitrogens with zero attached hydrogens (tertiary/aromatic N) is 1. The standard InChI is InChI=1S/C29H26ClN.C7H12O2S/c1-21(2)28-12-4-3-10-24(28)11-6-9-22-7-5-8-23(19-22)13-17-27-18-15-25-14-16-26(30)20-29(25)31-27;8-6(9)4-7(5-10)2-1-3-7/h3-5,7-8,10,12-20H,1,6,9,11H2,2H3;10H,1-5H2,(H,8,9)/b17-13+;. The number of carboxylic acid groups (broad SMARTS) is 1. The third-order valence-electron chi connectivity index (χ3n) is 7.74. The number of allylic oxidation sites excluding steroid dienone is 1. The first-order chi connectivity index (χ1) is 19.8. The molecule has 1 aliphatic rings. The number of halogens is 1. The monoisotopic (exact) mass is 583 g/mol. The first kappa shape index (κ1) is 30.6. The first-order valence-corrected chi connectivity index (χ1v) is 15.2. The normalized spacial score (nSPS) is 13.8. The average Bonchev–Trinajstić information content (AvgIpc) is 2.94. The number of aryl methyl sites for hydroxylation is 2. The number of benzene rings is 3. The van der Waals surface area contributed by atoms with Crippen LogP contribution in [0.2, 0.25) is 5.02 Å². The molecule has 0 bridgehead atoms. The molecule has 3 aromatic carbocycles. The van der Waals surface area contributed by atoms with Crippen LogP contribution in [-0.2, 0) is 17.6 Å². The second-order valence-corrected chi connectivity index (χ2v) is 11.8. The molecular weight excluding hydrogens is 546 g/mol. The minimum Gasteiger partial charge on any atom is -0.481 e. The van der Waals surface area contributed by atoms with Gasteiger partial charge in [0.25, 0.3) is 0 Å². The van der Waals surface area contributed by atoms with Crippen LogP contribution in [0.3, 0.4) is 0 Å². The number of hydrogen-bond donors (Lipinski definition) is 2. The molecule has 1 aliphatic carbocycles. The van der Waals surface area contributed by atoms with E-state index in [0.717, 1.165) is 60.0 Å². The quantitative estimate of drug-likeness (QED) is 0.183. The van der Waals surface area contributed by atoms with E-state index in [1.807, 2.05) is 24.3 Å². The first-order valence-electron chi connectivity index (χ1n) is 14.2. The summed E-state index contributed by atoms with van der Waals surface area (Å²) in [4.78, 5) is 15.0. The number of rotatable bonds is 10. The summed E-state index contributed by atoms with van der Waals surface area (Å²) in [5.74, 6) is 0.0352. The molecule has 1 fully saturated rings. The van der Waals surface area contributed by atoms with Crippen LogP contribution < -0.4 is 0 Å². The summed E-state index contributed by atoms with van der Waals surface area (Å²) in [5, 5.41) is 10.3. The van der Waals surface area contributed by atoms with E-state index in [-0.39, 0.29) is 5.41 Å². The van der Waals surface area contributed by atoms with Crippen molar-refractivity contribution < 1.29 is 9.90 Å². The lowest BCUT2D eigenvalue weighted by Crippen LogP contribution is -2.33. The van der Waals surface area contributed by atoms with E-state index >= 15 is 0 Å². The summed E-state index contributed by atoms with van der Waals surface area (Å²) in [6.07, 6.45) is 11.0. The number of pyridine rings is 1. The number of carboxylic acids is 1. The van der Waals surface area contributed by atoms with Crippen LogP contribution in [0.4, 0.5) is 0 Å². The molecule has 41 heavy (non-hydrogen) atoms. The highest BCUT2D eigenvalue weighted by Gasteiger charge is 2.37. The van der Waals surface area contributed by atoms with E-state index < -0.39 is 5.97 Å².